The molecule has 2 unspecified atom stereocenters. The first-order valence-corrected chi connectivity index (χ1v) is 12.6. The highest BCUT2D eigenvalue weighted by atomic mass is 16.7. The van der Waals surface area contributed by atoms with E-state index in [9.17, 15) is 0 Å². The van der Waals surface area contributed by atoms with Gasteiger partial charge in [0.25, 0.3) is 0 Å². The number of nitrogens with zero attached hydrogens (tertiary/aromatic N) is 1. The minimum absolute atomic E-state index is 0.188. The Kier molecular flexibility index (Phi) is 4.56. The molecule has 4 aliphatic rings. The van der Waals surface area contributed by atoms with Crippen LogP contribution in [-0.2, 0) is 16.8 Å². The van der Waals surface area contributed by atoms with Gasteiger partial charge in [-0.3, -0.25) is 0 Å². The molecule has 35 heavy (non-hydrogen) atoms. The van der Waals surface area contributed by atoms with Crippen LogP contribution in [0.25, 0.3) is 0 Å². The van der Waals surface area contributed by atoms with Crippen LogP contribution in [-0.4, -0.2) is 25.3 Å². The number of quaternary nitrogens is 1. The molecule has 1 spiro atoms. The molecule has 1 amide bonds. The highest BCUT2D eigenvalue weighted by Crippen LogP contribution is 2.59. The van der Waals surface area contributed by atoms with E-state index in [1.807, 2.05) is 36.4 Å². The van der Waals surface area contributed by atoms with Gasteiger partial charge < -0.3 is 14.2 Å². The van der Waals surface area contributed by atoms with Crippen molar-refractivity contribution in [3.05, 3.63) is 89.8 Å². The Morgan fingerprint density at radius 2 is 1.66 bits per heavy atom. The molecule has 7 rings (SSSR count). The highest BCUT2D eigenvalue weighted by molar-refractivity contribution is 6.08. The number of hydrogen-bond donors (Lipinski definition) is 0. The molecule has 5 nitrogen and oxygen atoms in total. The van der Waals surface area contributed by atoms with E-state index in [4.69, 9.17) is 21.1 Å². The molecule has 0 aromatic heterocycles. The fraction of sp³-hybridized carbons (Fsp3) is 0.333. The molecule has 1 saturated carbocycles. The predicted molar refractivity (Wildman–Crippen MR) is 133 cm³/mol. The average molecular weight is 467 g/mol. The number of carbonyl (C=O) groups is 1. The minimum Gasteiger partial charge on any atom is -0.491 e. The predicted octanol–water partition coefficient (Wildman–Crippen LogP) is 5.53. The van der Waals surface area contributed by atoms with Gasteiger partial charge in [-0.15, -0.1) is 0 Å². The number of amides is 1. The quantitative estimate of drug-likeness (QED) is 0.476. The lowest BCUT2D eigenvalue weighted by atomic mass is 9.76. The van der Waals surface area contributed by atoms with Gasteiger partial charge in [-0.2, -0.15) is 0 Å². The van der Waals surface area contributed by atoms with Gasteiger partial charge in [0.2, 0.25) is 6.79 Å². The molecule has 0 N–H and O–H groups in total. The number of carbonyl (C=O) groups excluding carboxylic acids is 1. The second-order valence-corrected chi connectivity index (χ2v) is 10.3. The van der Waals surface area contributed by atoms with Gasteiger partial charge >= 0.3 is 5.91 Å². The summed E-state index contributed by atoms with van der Waals surface area (Å²) >= 11 is 0. The third-order valence-corrected chi connectivity index (χ3v) is 8.48. The van der Waals surface area contributed by atoms with Crippen LogP contribution in [0.2, 0.25) is 0 Å². The number of fused-ring (bicyclic) bond motifs is 5. The number of benzene rings is 3. The van der Waals surface area contributed by atoms with Crippen molar-refractivity contribution >= 4 is 11.6 Å². The molecule has 3 aliphatic heterocycles. The van der Waals surface area contributed by atoms with Crippen molar-refractivity contribution in [3.8, 4) is 17.2 Å². The molecule has 3 heterocycles. The summed E-state index contributed by atoms with van der Waals surface area (Å²) in [6.07, 6.45) is 5.59. The van der Waals surface area contributed by atoms with Gasteiger partial charge in [0.05, 0.1) is 0 Å². The van der Waals surface area contributed by atoms with Crippen LogP contribution in [0.15, 0.2) is 60.7 Å². The number of para-hydroxylation sites is 1. The van der Waals surface area contributed by atoms with Crippen molar-refractivity contribution in [3.63, 3.8) is 0 Å². The summed E-state index contributed by atoms with van der Waals surface area (Å²) in [5.74, 6) is 2.26. The standard InChI is InChI=1S/C30H28NO4/c1-20-8-7-9-21(14-20)17-31(22-10-3-2-4-11-22)25-13-6-5-12-23(25)30(29(31)32)18-33-26-16-28-27(15-24(26)30)34-19-35-28/h1,5-9,12-16,22H,2-4,10-11,17-19H2/q+1. The Bertz CT molecular complexity index is 1340. The molecule has 3 aromatic rings. The Hall–Kier alpha value is -3.31. The van der Waals surface area contributed by atoms with Crippen LogP contribution >= 0.6 is 0 Å². The Morgan fingerprint density at radius 3 is 2.49 bits per heavy atom. The minimum atomic E-state index is -0.870. The summed E-state index contributed by atoms with van der Waals surface area (Å²) in [5.41, 5.74) is 3.98. The summed E-state index contributed by atoms with van der Waals surface area (Å²) in [4.78, 5) is 15.1. The normalized spacial score (nSPS) is 26.6. The molecule has 0 bridgehead atoms. The Morgan fingerprint density at radius 1 is 0.857 bits per heavy atom. The van der Waals surface area contributed by atoms with E-state index in [0.29, 0.717) is 34.9 Å². The van der Waals surface area contributed by atoms with Crippen molar-refractivity contribution in [1.82, 2.24) is 4.48 Å². The Labute approximate surface area is 205 Å². The van der Waals surface area contributed by atoms with Crippen LogP contribution in [0.3, 0.4) is 0 Å². The van der Waals surface area contributed by atoms with E-state index >= 15 is 4.79 Å². The lowest BCUT2D eigenvalue weighted by molar-refractivity contribution is -0.136. The van der Waals surface area contributed by atoms with E-state index in [0.717, 1.165) is 53.6 Å². The second-order valence-electron chi connectivity index (χ2n) is 10.3. The molecule has 2 atom stereocenters. The van der Waals surface area contributed by atoms with Gasteiger partial charge in [-0.05, 0) is 43.5 Å². The van der Waals surface area contributed by atoms with Gasteiger partial charge in [0.15, 0.2) is 16.9 Å². The summed E-state index contributed by atoms with van der Waals surface area (Å²) in [6, 6.07) is 20.5. The van der Waals surface area contributed by atoms with Crippen molar-refractivity contribution in [2.45, 2.75) is 50.1 Å². The highest BCUT2D eigenvalue weighted by Gasteiger charge is 2.68. The van der Waals surface area contributed by atoms with Crippen LogP contribution in [0.5, 0.6) is 17.2 Å². The topological polar surface area (TPSA) is 44.8 Å². The molecular formula is C30H28NO4+. The molecule has 1 aliphatic carbocycles. The molecule has 1 fully saturated rings. The fourth-order valence-corrected chi connectivity index (χ4v) is 6.94. The maximum Gasteiger partial charge on any atom is 0.338 e. The van der Waals surface area contributed by atoms with Gasteiger partial charge in [-0.25, -0.2) is 9.28 Å². The second kappa shape index (κ2) is 7.59. The first kappa shape index (κ1) is 21.0. The summed E-state index contributed by atoms with van der Waals surface area (Å²) < 4.78 is 17.9. The zero-order valence-electron chi connectivity index (χ0n) is 19.7. The van der Waals surface area contributed by atoms with Gasteiger partial charge in [0, 0.05) is 35.6 Å². The van der Waals surface area contributed by atoms with Crippen molar-refractivity contribution in [2.75, 3.05) is 13.4 Å². The maximum absolute atomic E-state index is 15.1. The van der Waals surface area contributed by atoms with Crippen molar-refractivity contribution in [1.29, 1.82) is 0 Å². The van der Waals surface area contributed by atoms with Crippen molar-refractivity contribution in [2.24, 2.45) is 0 Å². The summed E-state index contributed by atoms with van der Waals surface area (Å²) in [5, 5.41) is 0. The number of rotatable bonds is 3. The van der Waals surface area contributed by atoms with E-state index < -0.39 is 5.41 Å². The zero-order valence-corrected chi connectivity index (χ0v) is 19.7. The largest absolute Gasteiger partial charge is 0.491 e. The van der Waals surface area contributed by atoms with Gasteiger partial charge in [0.1, 0.15) is 30.6 Å². The third kappa shape index (κ3) is 2.82. The third-order valence-electron chi connectivity index (χ3n) is 8.48. The molecule has 3 aromatic carbocycles. The molecule has 0 saturated heterocycles. The number of ether oxygens (including phenoxy) is 3. The SMILES string of the molecule is [CH]c1cccc(C[N+]2(C3CCCCC3)C(=O)C3(COc4cc5c(cc43)OCO5)c3ccccc32)c1. The van der Waals surface area contributed by atoms with E-state index in [1.54, 1.807) is 0 Å². The van der Waals surface area contributed by atoms with Crippen LogP contribution in [0.4, 0.5) is 5.69 Å². The fourth-order valence-electron chi connectivity index (χ4n) is 6.94. The van der Waals surface area contributed by atoms with E-state index in [1.165, 1.54) is 6.42 Å². The number of hydrogen-bond acceptors (Lipinski definition) is 4. The van der Waals surface area contributed by atoms with E-state index in [-0.39, 0.29) is 18.7 Å². The molecule has 2 radical (unpaired) electrons. The molecule has 5 heteroatoms. The zero-order chi connectivity index (χ0) is 23.6. The van der Waals surface area contributed by atoms with Gasteiger partial charge in [-0.1, -0.05) is 42.8 Å². The summed E-state index contributed by atoms with van der Waals surface area (Å²) in [6.45, 7) is 7.25. The average Bonchev–Trinajstić information content (AvgIpc) is 3.55. The van der Waals surface area contributed by atoms with Crippen LogP contribution < -0.4 is 18.7 Å². The first-order chi connectivity index (χ1) is 17.1. The monoisotopic (exact) mass is 466 g/mol. The smallest absolute Gasteiger partial charge is 0.338 e. The van der Waals surface area contributed by atoms with E-state index in [2.05, 4.69) is 24.3 Å². The Balaban J connectivity index is 1.47. The van der Waals surface area contributed by atoms with Crippen LogP contribution in [0, 0.1) is 6.92 Å². The molecule has 176 valence electrons. The van der Waals surface area contributed by atoms with Crippen LogP contribution in [0.1, 0.15) is 54.4 Å². The maximum atomic E-state index is 15.1. The molecular weight excluding hydrogens is 438 g/mol. The lowest BCUT2D eigenvalue weighted by Gasteiger charge is -2.42. The first-order valence-electron chi connectivity index (χ1n) is 12.6. The summed E-state index contributed by atoms with van der Waals surface area (Å²) in [7, 11) is 0. The lowest BCUT2D eigenvalue weighted by Crippen LogP contribution is -2.62. The van der Waals surface area contributed by atoms with Crippen molar-refractivity contribution < 1.29 is 19.0 Å².